The van der Waals surface area contributed by atoms with Gasteiger partial charge in [0.2, 0.25) is 11.8 Å². The summed E-state index contributed by atoms with van der Waals surface area (Å²) in [7, 11) is 0. The quantitative estimate of drug-likeness (QED) is 0.888. The van der Waals surface area contributed by atoms with Gasteiger partial charge in [-0.15, -0.1) is 0 Å². The number of primary amides is 1. The summed E-state index contributed by atoms with van der Waals surface area (Å²) < 4.78 is 5.47. The number of carbonyl (C=O) groups excluding carboxylic acids is 2. The van der Waals surface area contributed by atoms with Crippen LogP contribution in [0.2, 0.25) is 0 Å². The first kappa shape index (κ1) is 15.5. The lowest BCUT2D eigenvalue weighted by molar-refractivity contribution is -0.142. The Morgan fingerprint density at radius 3 is 2.67 bits per heavy atom. The molecule has 1 aliphatic rings. The largest absolute Gasteiger partial charge is 0.369 e. The average molecular weight is 290 g/mol. The van der Waals surface area contributed by atoms with Gasteiger partial charge < -0.3 is 15.4 Å². The molecule has 21 heavy (non-hydrogen) atoms. The molecule has 1 aliphatic heterocycles. The first-order valence-corrected chi connectivity index (χ1v) is 7.28. The Morgan fingerprint density at radius 1 is 1.29 bits per heavy atom. The predicted molar refractivity (Wildman–Crippen MR) is 79.2 cm³/mol. The van der Waals surface area contributed by atoms with Crippen molar-refractivity contribution in [3.8, 4) is 0 Å². The van der Waals surface area contributed by atoms with E-state index in [1.165, 1.54) is 0 Å². The molecule has 1 fully saturated rings. The molecule has 1 saturated heterocycles. The van der Waals surface area contributed by atoms with Crippen LogP contribution in [0.15, 0.2) is 30.3 Å². The second-order valence-electron chi connectivity index (χ2n) is 5.55. The molecular weight excluding hydrogens is 268 g/mol. The molecule has 2 rings (SSSR count). The number of nitrogens with two attached hydrogens (primary N) is 1. The van der Waals surface area contributed by atoms with E-state index in [1.807, 2.05) is 37.3 Å². The van der Waals surface area contributed by atoms with Gasteiger partial charge in [-0.05, 0) is 25.3 Å². The number of carbonyl (C=O) groups is 2. The normalized spacial score (nSPS) is 22.0. The Hall–Kier alpha value is -1.88. The van der Waals surface area contributed by atoms with E-state index in [0.717, 1.165) is 18.4 Å². The van der Waals surface area contributed by atoms with Gasteiger partial charge in [0.1, 0.15) is 6.61 Å². The van der Waals surface area contributed by atoms with Gasteiger partial charge >= 0.3 is 0 Å². The van der Waals surface area contributed by atoms with E-state index >= 15 is 0 Å². The number of rotatable bonds is 5. The fraction of sp³-hybridized carbons (Fsp3) is 0.500. The van der Waals surface area contributed by atoms with Crippen LogP contribution >= 0.6 is 0 Å². The van der Waals surface area contributed by atoms with Gasteiger partial charge in [0.15, 0.2) is 0 Å². The molecule has 0 unspecified atom stereocenters. The van der Waals surface area contributed by atoms with Crippen molar-refractivity contribution in [2.24, 2.45) is 11.7 Å². The SMILES string of the molecule is C[C@@H]1CC[C@H](C(N)=O)CN1C(=O)COCc1ccccc1. The molecule has 5 heteroatoms. The number of piperidine rings is 1. The molecule has 1 aromatic rings. The van der Waals surface area contributed by atoms with Gasteiger partial charge in [0, 0.05) is 12.6 Å². The average Bonchev–Trinajstić information content (AvgIpc) is 2.48. The van der Waals surface area contributed by atoms with Crippen LogP contribution < -0.4 is 5.73 Å². The molecular formula is C16H22N2O3. The standard InChI is InChI=1S/C16H22N2O3/c1-12-7-8-14(16(17)20)9-18(12)15(19)11-21-10-13-5-3-2-4-6-13/h2-6,12,14H,7-11H2,1H3,(H2,17,20)/t12-,14+/m1/s1. The van der Waals surface area contributed by atoms with E-state index < -0.39 is 0 Å². The van der Waals surface area contributed by atoms with Crippen molar-refractivity contribution in [1.82, 2.24) is 4.90 Å². The van der Waals surface area contributed by atoms with E-state index in [-0.39, 0.29) is 30.4 Å². The van der Waals surface area contributed by atoms with Crippen molar-refractivity contribution < 1.29 is 14.3 Å². The number of benzene rings is 1. The van der Waals surface area contributed by atoms with Crippen LogP contribution in [0.4, 0.5) is 0 Å². The summed E-state index contributed by atoms with van der Waals surface area (Å²) in [5.41, 5.74) is 6.38. The van der Waals surface area contributed by atoms with Gasteiger partial charge in [-0.2, -0.15) is 0 Å². The van der Waals surface area contributed by atoms with Crippen LogP contribution in [-0.2, 0) is 20.9 Å². The minimum absolute atomic E-state index is 0.0325. The molecule has 0 aromatic heterocycles. The predicted octanol–water partition coefficient (Wildman–Crippen LogP) is 1.32. The summed E-state index contributed by atoms with van der Waals surface area (Å²) >= 11 is 0. The first-order valence-electron chi connectivity index (χ1n) is 7.28. The highest BCUT2D eigenvalue weighted by Crippen LogP contribution is 2.21. The zero-order chi connectivity index (χ0) is 15.2. The smallest absolute Gasteiger partial charge is 0.248 e. The molecule has 1 heterocycles. The number of ether oxygens (including phenoxy) is 1. The zero-order valence-electron chi connectivity index (χ0n) is 12.3. The molecule has 2 atom stereocenters. The van der Waals surface area contributed by atoms with Crippen LogP contribution in [0, 0.1) is 5.92 Å². The van der Waals surface area contributed by atoms with E-state index in [0.29, 0.717) is 13.2 Å². The highest BCUT2D eigenvalue weighted by molar-refractivity contribution is 5.81. The molecule has 0 spiro atoms. The maximum Gasteiger partial charge on any atom is 0.248 e. The van der Waals surface area contributed by atoms with Crippen molar-refractivity contribution in [3.05, 3.63) is 35.9 Å². The summed E-state index contributed by atoms with van der Waals surface area (Å²) in [6.45, 7) is 2.84. The van der Waals surface area contributed by atoms with Crippen molar-refractivity contribution in [3.63, 3.8) is 0 Å². The maximum atomic E-state index is 12.2. The van der Waals surface area contributed by atoms with Crippen LogP contribution in [0.1, 0.15) is 25.3 Å². The third-order valence-corrected chi connectivity index (χ3v) is 3.94. The molecule has 2 N–H and O–H groups in total. The Bertz CT molecular complexity index is 490. The van der Waals surface area contributed by atoms with Gasteiger partial charge in [-0.3, -0.25) is 9.59 Å². The molecule has 0 radical (unpaired) electrons. The van der Waals surface area contributed by atoms with Crippen LogP contribution in [0.3, 0.4) is 0 Å². The number of likely N-dealkylation sites (tertiary alicyclic amines) is 1. The van der Waals surface area contributed by atoms with E-state index in [9.17, 15) is 9.59 Å². The molecule has 1 aromatic carbocycles. The summed E-state index contributed by atoms with van der Waals surface area (Å²) in [5, 5.41) is 0. The van der Waals surface area contributed by atoms with Gasteiger partial charge in [0.25, 0.3) is 0 Å². The maximum absolute atomic E-state index is 12.2. The van der Waals surface area contributed by atoms with Crippen molar-refractivity contribution in [2.75, 3.05) is 13.2 Å². The third-order valence-electron chi connectivity index (χ3n) is 3.94. The second-order valence-corrected chi connectivity index (χ2v) is 5.55. The fourth-order valence-corrected chi connectivity index (χ4v) is 2.60. The highest BCUT2D eigenvalue weighted by Gasteiger charge is 2.31. The van der Waals surface area contributed by atoms with E-state index in [1.54, 1.807) is 4.90 Å². The molecule has 0 saturated carbocycles. The molecule has 0 aliphatic carbocycles. The molecule has 0 bridgehead atoms. The van der Waals surface area contributed by atoms with Crippen molar-refractivity contribution in [1.29, 1.82) is 0 Å². The summed E-state index contributed by atoms with van der Waals surface area (Å²) in [4.78, 5) is 25.2. The van der Waals surface area contributed by atoms with Crippen molar-refractivity contribution in [2.45, 2.75) is 32.4 Å². The number of nitrogens with zero attached hydrogens (tertiary/aromatic N) is 1. The van der Waals surface area contributed by atoms with Crippen molar-refractivity contribution >= 4 is 11.8 Å². The van der Waals surface area contributed by atoms with Crippen LogP contribution in [-0.4, -0.2) is 35.9 Å². The minimum Gasteiger partial charge on any atom is -0.369 e. The lowest BCUT2D eigenvalue weighted by Crippen LogP contribution is -2.49. The van der Waals surface area contributed by atoms with Gasteiger partial charge in [0.05, 0.1) is 12.5 Å². The third kappa shape index (κ3) is 4.29. The Balaban J connectivity index is 1.82. The van der Waals surface area contributed by atoms with Crippen LogP contribution in [0.25, 0.3) is 0 Å². The minimum atomic E-state index is -0.329. The Labute approximate surface area is 125 Å². The van der Waals surface area contributed by atoms with Crippen LogP contribution in [0.5, 0.6) is 0 Å². The number of amides is 2. The number of hydrogen-bond acceptors (Lipinski definition) is 3. The zero-order valence-corrected chi connectivity index (χ0v) is 12.3. The lowest BCUT2D eigenvalue weighted by Gasteiger charge is -2.36. The number of hydrogen-bond donors (Lipinski definition) is 1. The molecule has 5 nitrogen and oxygen atoms in total. The highest BCUT2D eigenvalue weighted by atomic mass is 16.5. The van der Waals surface area contributed by atoms with Gasteiger partial charge in [-0.1, -0.05) is 30.3 Å². The summed E-state index contributed by atoms with van der Waals surface area (Å²) in [6, 6.07) is 9.85. The van der Waals surface area contributed by atoms with E-state index in [4.69, 9.17) is 10.5 Å². The summed E-state index contributed by atoms with van der Waals surface area (Å²) in [6.07, 6.45) is 1.56. The molecule has 2 amide bonds. The monoisotopic (exact) mass is 290 g/mol. The topological polar surface area (TPSA) is 72.6 Å². The summed E-state index contributed by atoms with van der Waals surface area (Å²) in [5.74, 6) is -0.645. The van der Waals surface area contributed by atoms with E-state index in [2.05, 4.69) is 0 Å². The fourth-order valence-electron chi connectivity index (χ4n) is 2.60. The lowest BCUT2D eigenvalue weighted by atomic mass is 9.93. The first-order chi connectivity index (χ1) is 10.1. The Morgan fingerprint density at radius 2 is 2.00 bits per heavy atom. The second kappa shape index (κ2) is 7.22. The Kier molecular flexibility index (Phi) is 5.33. The van der Waals surface area contributed by atoms with Gasteiger partial charge in [-0.25, -0.2) is 0 Å². The molecule has 114 valence electrons.